The molecule has 0 aliphatic rings. The average molecular weight is 272 g/mol. The monoisotopic (exact) mass is 272 g/mol. The molecule has 2 amide bonds. The molecule has 1 atom stereocenters. The Kier molecular flexibility index (Phi) is 9.00. The lowest BCUT2D eigenvalue weighted by molar-refractivity contribution is -0.137. The number of hydrogen-bond donors (Lipinski definition) is 2. The smallest absolute Gasteiger partial charge is 0.317 e. The van der Waals surface area contributed by atoms with Crippen molar-refractivity contribution in [3.8, 4) is 0 Å². The molecule has 5 heteroatoms. The van der Waals surface area contributed by atoms with E-state index in [-0.39, 0.29) is 18.5 Å². The summed E-state index contributed by atoms with van der Waals surface area (Å²) in [6.07, 6.45) is 3.52. The summed E-state index contributed by atoms with van der Waals surface area (Å²) in [5.74, 6) is -0.187. The van der Waals surface area contributed by atoms with Crippen molar-refractivity contribution in [3.05, 3.63) is 0 Å². The number of urea groups is 1. The van der Waals surface area contributed by atoms with E-state index in [4.69, 9.17) is 5.11 Å². The Labute approximate surface area is 116 Å². The number of carboxylic acid groups (broad SMARTS) is 1. The summed E-state index contributed by atoms with van der Waals surface area (Å²) < 4.78 is 0. The molecule has 0 saturated heterocycles. The second-order valence-electron chi connectivity index (χ2n) is 5.53. The standard InChI is InChI=1S/C14H28N2O3/c1-11(2)10-12(3)16(4)14(19)15-9-7-5-6-8-13(17)18/h11-12H,5-10H2,1-4H3,(H,15,19)(H,17,18). The van der Waals surface area contributed by atoms with Gasteiger partial charge in [-0.25, -0.2) is 4.79 Å². The quantitative estimate of drug-likeness (QED) is 0.634. The third kappa shape index (κ3) is 9.33. The number of nitrogens with zero attached hydrogens (tertiary/aromatic N) is 1. The molecule has 0 radical (unpaired) electrons. The van der Waals surface area contributed by atoms with E-state index >= 15 is 0 Å². The molecule has 112 valence electrons. The van der Waals surface area contributed by atoms with Crippen LogP contribution < -0.4 is 5.32 Å². The highest BCUT2D eigenvalue weighted by Gasteiger charge is 2.15. The zero-order valence-electron chi connectivity index (χ0n) is 12.6. The summed E-state index contributed by atoms with van der Waals surface area (Å²) in [6, 6.07) is 0.179. The normalized spacial score (nSPS) is 12.3. The number of amides is 2. The minimum atomic E-state index is -0.758. The van der Waals surface area contributed by atoms with E-state index < -0.39 is 5.97 Å². The van der Waals surface area contributed by atoms with Crippen molar-refractivity contribution in [1.82, 2.24) is 10.2 Å². The van der Waals surface area contributed by atoms with Crippen LogP contribution in [0.2, 0.25) is 0 Å². The maximum Gasteiger partial charge on any atom is 0.317 e. The summed E-state index contributed by atoms with van der Waals surface area (Å²) in [4.78, 5) is 23.9. The van der Waals surface area contributed by atoms with Crippen LogP contribution in [0.5, 0.6) is 0 Å². The Morgan fingerprint density at radius 3 is 2.32 bits per heavy atom. The molecule has 0 rings (SSSR count). The van der Waals surface area contributed by atoms with Crippen LogP contribution in [0.4, 0.5) is 4.79 Å². The molecule has 0 saturated carbocycles. The molecule has 0 aliphatic carbocycles. The Morgan fingerprint density at radius 1 is 1.16 bits per heavy atom. The van der Waals surface area contributed by atoms with Crippen LogP contribution in [0.1, 0.15) is 52.9 Å². The Morgan fingerprint density at radius 2 is 1.79 bits per heavy atom. The fraction of sp³-hybridized carbons (Fsp3) is 0.857. The summed E-state index contributed by atoms with van der Waals surface area (Å²) in [5, 5.41) is 11.4. The maximum absolute atomic E-state index is 11.8. The lowest BCUT2D eigenvalue weighted by Crippen LogP contribution is -2.43. The second-order valence-corrected chi connectivity index (χ2v) is 5.53. The number of unbranched alkanes of at least 4 members (excludes halogenated alkanes) is 2. The summed E-state index contributed by atoms with van der Waals surface area (Å²) >= 11 is 0. The van der Waals surface area contributed by atoms with Crippen molar-refractivity contribution < 1.29 is 14.7 Å². The van der Waals surface area contributed by atoms with Crippen LogP contribution in [0.3, 0.4) is 0 Å². The van der Waals surface area contributed by atoms with Gasteiger partial charge in [-0.1, -0.05) is 20.3 Å². The fourth-order valence-electron chi connectivity index (χ4n) is 1.94. The van der Waals surface area contributed by atoms with Gasteiger partial charge in [0.05, 0.1) is 0 Å². The van der Waals surface area contributed by atoms with Crippen molar-refractivity contribution in [2.24, 2.45) is 5.92 Å². The summed E-state index contributed by atoms with van der Waals surface area (Å²) in [7, 11) is 1.81. The van der Waals surface area contributed by atoms with Gasteiger partial charge in [0, 0.05) is 26.1 Å². The van der Waals surface area contributed by atoms with Crippen molar-refractivity contribution in [2.75, 3.05) is 13.6 Å². The third-order valence-corrected chi connectivity index (χ3v) is 3.14. The van der Waals surface area contributed by atoms with Crippen LogP contribution >= 0.6 is 0 Å². The molecule has 0 spiro atoms. The van der Waals surface area contributed by atoms with Crippen molar-refractivity contribution in [1.29, 1.82) is 0 Å². The molecule has 0 aliphatic heterocycles. The van der Waals surface area contributed by atoms with E-state index in [1.807, 2.05) is 14.0 Å². The fourth-order valence-corrected chi connectivity index (χ4v) is 1.94. The van der Waals surface area contributed by atoms with Gasteiger partial charge in [-0.05, 0) is 32.1 Å². The highest BCUT2D eigenvalue weighted by molar-refractivity contribution is 5.74. The molecule has 0 heterocycles. The number of rotatable bonds is 9. The predicted molar refractivity (Wildman–Crippen MR) is 76.2 cm³/mol. The van der Waals surface area contributed by atoms with E-state index in [9.17, 15) is 9.59 Å². The first-order chi connectivity index (χ1) is 8.84. The molecule has 19 heavy (non-hydrogen) atoms. The van der Waals surface area contributed by atoms with E-state index in [0.29, 0.717) is 18.9 Å². The largest absolute Gasteiger partial charge is 0.481 e. The summed E-state index contributed by atoms with van der Waals surface area (Å²) in [6.45, 7) is 6.94. The second kappa shape index (κ2) is 9.64. The van der Waals surface area contributed by atoms with Crippen LogP contribution in [0.25, 0.3) is 0 Å². The maximum atomic E-state index is 11.8. The van der Waals surface area contributed by atoms with Gasteiger partial charge in [-0.3, -0.25) is 4.79 Å². The topological polar surface area (TPSA) is 69.6 Å². The van der Waals surface area contributed by atoms with Crippen LogP contribution in [0.15, 0.2) is 0 Å². The molecule has 0 fully saturated rings. The Bertz CT molecular complexity index is 280. The number of aliphatic carboxylic acids is 1. The highest BCUT2D eigenvalue weighted by Crippen LogP contribution is 2.09. The van der Waals surface area contributed by atoms with Gasteiger partial charge in [0.25, 0.3) is 0 Å². The minimum absolute atomic E-state index is 0.0496. The SMILES string of the molecule is CC(C)CC(C)N(C)C(=O)NCCCCCC(=O)O. The highest BCUT2D eigenvalue weighted by atomic mass is 16.4. The molecule has 1 unspecified atom stereocenters. The minimum Gasteiger partial charge on any atom is -0.481 e. The van der Waals surface area contributed by atoms with Gasteiger partial charge in [0.15, 0.2) is 0 Å². The van der Waals surface area contributed by atoms with E-state index in [2.05, 4.69) is 19.2 Å². The van der Waals surface area contributed by atoms with Crippen LogP contribution in [-0.4, -0.2) is 41.6 Å². The molecule has 0 aromatic carbocycles. The van der Waals surface area contributed by atoms with Crippen molar-refractivity contribution in [3.63, 3.8) is 0 Å². The molecule has 0 bridgehead atoms. The molecule has 0 aromatic rings. The lowest BCUT2D eigenvalue weighted by atomic mass is 10.0. The third-order valence-electron chi connectivity index (χ3n) is 3.14. The van der Waals surface area contributed by atoms with Gasteiger partial charge >= 0.3 is 12.0 Å². The number of nitrogens with one attached hydrogen (secondary N) is 1. The van der Waals surface area contributed by atoms with E-state index in [0.717, 1.165) is 19.3 Å². The Balaban J connectivity index is 3.70. The first-order valence-electron chi connectivity index (χ1n) is 7.07. The van der Waals surface area contributed by atoms with Gasteiger partial charge in [-0.15, -0.1) is 0 Å². The van der Waals surface area contributed by atoms with Crippen molar-refractivity contribution >= 4 is 12.0 Å². The first kappa shape index (κ1) is 17.7. The predicted octanol–water partition coefficient (Wildman–Crippen LogP) is 2.71. The molecule has 5 nitrogen and oxygen atoms in total. The van der Waals surface area contributed by atoms with Crippen LogP contribution in [0, 0.1) is 5.92 Å². The van der Waals surface area contributed by atoms with Crippen LogP contribution in [-0.2, 0) is 4.79 Å². The average Bonchev–Trinajstić information content (AvgIpc) is 2.30. The van der Waals surface area contributed by atoms with Gasteiger partial charge in [-0.2, -0.15) is 0 Å². The summed E-state index contributed by atoms with van der Waals surface area (Å²) in [5.41, 5.74) is 0. The van der Waals surface area contributed by atoms with E-state index in [1.165, 1.54) is 0 Å². The van der Waals surface area contributed by atoms with Gasteiger partial charge in [0.1, 0.15) is 0 Å². The van der Waals surface area contributed by atoms with E-state index in [1.54, 1.807) is 4.90 Å². The molecular formula is C14H28N2O3. The number of carbonyl (C=O) groups excluding carboxylic acids is 1. The van der Waals surface area contributed by atoms with Gasteiger partial charge in [0.2, 0.25) is 0 Å². The van der Waals surface area contributed by atoms with Crippen molar-refractivity contribution in [2.45, 2.75) is 58.9 Å². The molecule has 2 N–H and O–H groups in total. The molecular weight excluding hydrogens is 244 g/mol. The first-order valence-corrected chi connectivity index (χ1v) is 7.07. The lowest BCUT2D eigenvalue weighted by Gasteiger charge is -2.26. The number of carbonyl (C=O) groups is 2. The van der Waals surface area contributed by atoms with Gasteiger partial charge < -0.3 is 15.3 Å². The zero-order valence-corrected chi connectivity index (χ0v) is 12.6. The number of carboxylic acids is 1. The Hall–Kier alpha value is -1.26. The number of hydrogen-bond acceptors (Lipinski definition) is 2. The molecule has 0 aromatic heterocycles. The zero-order chi connectivity index (χ0) is 14.8.